The predicted octanol–water partition coefficient (Wildman–Crippen LogP) is 3.87. The van der Waals surface area contributed by atoms with Gasteiger partial charge in [0.25, 0.3) is 0 Å². The van der Waals surface area contributed by atoms with Gasteiger partial charge in [-0.3, -0.25) is 0 Å². The zero-order valence-corrected chi connectivity index (χ0v) is 8.96. The molecule has 102 valence electrons. The van der Waals surface area contributed by atoms with Gasteiger partial charge in [0.15, 0.2) is 0 Å². The molecule has 0 radical (unpaired) electrons. The molecule has 0 atom stereocenters. The highest BCUT2D eigenvalue weighted by molar-refractivity contribution is 5.56. The number of aryl methyl sites for hydroxylation is 1. The Bertz CT molecular complexity index is 433. The van der Waals surface area contributed by atoms with E-state index >= 15 is 0 Å². The van der Waals surface area contributed by atoms with Crippen LogP contribution in [-0.4, -0.2) is 12.4 Å². The van der Waals surface area contributed by atoms with Gasteiger partial charge in [-0.1, -0.05) is 18.2 Å². The van der Waals surface area contributed by atoms with Gasteiger partial charge in [-0.15, -0.1) is 0 Å². The lowest BCUT2D eigenvalue weighted by atomic mass is 9.91. The third kappa shape index (κ3) is 1.99. The van der Waals surface area contributed by atoms with Crippen LogP contribution in [0.15, 0.2) is 18.2 Å². The quantitative estimate of drug-likeness (QED) is 0.611. The summed E-state index contributed by atoms with van der Waals surface area (Å²) >= 11 is 0. The summed E-state index contributed by atoms with van der Waals surface area (Å²) in [7, 11) is 0. The van der Waals surface area contributed by atoms with Crippen molar-refractivity contribution in [3.8, 4) is 0 Å². The molecule has 0 heterocycles. The molecule has 1 aromatic rings. The van der Waals surface area contributed by atoms with Crippen molar-refractivity contribution < 1.29 is 30.7 Å². The fourth-order valence-corrected chi connectivity index (χ4v) is 1.45. The van der Waals surface area contributed by atoms with Crippen LogP contribution in [0.4, 0.5) is 36.4 Å². The molecular weight excluding hydrogens is 267 g/mol. The molecular formula is C10H8F7N. The minimum Gasteiger partial charge on any atom is -0.398 e. The molecule has 0 spiro atoms. The number of nitrogens with two attached hydrogens (primary N) is 1. The number of benzene rings is 1. The molecule has 0 unspecified atom stereocenters. The van der Waals surface area contributed by atoms with E-state index in [0.717, 1.165) is 6.07 Å². The van der Waals surface area contributed by atoms with Gasteiger partial charge >= 0.3 is 18.0 Å². The van der Waals surface area contributed by atoms with Crippen LogP contribution < -0.4 is 5.73 Å². The average molecular weight is 275 g/mol. The zero-order chi connectivity index (χ0) is 14.4. The molecule has 18 heavy (non-hydrogen) atoms. The van der Waals surface area contributed by atoms with Gasteiger partial charge in [0.05, 0.1) is 0 Å². The fraction of sp³-hybridized carbons (Fsp3) is 0.400. The second-order valence-electron chi connectivity index (χ2n) is 3.69. The molecule has 0 amide bonds. The van der Waals surface area contributed by atoms with Gasteiger partial charge in [0.2, 0.25) is 0 Å². The molecule has 0 bridgehead atoms. The molecule has 0 saturated carbocycles. The Labute approximate surface area is 97.4 Å². The first-order chi connectivity index (χ1) is 7.93. The second-order valence-corrected chi connectivity index (χ2v) is 3.69. The van der Waals surface area contributed by atoms with E-state index in [2.05, 4.69) is 0 Å². The van der Waals surface area contributed by atoms with Crippen molar-refractivity contribution in [1.82, 2.24) is 0 Å². The van der Waals surface area contributed by atoms with E-state index in [1.54, 1.807) is 0 Å². The van der Waals surface area contributed by atoms with Crippen LogP contribution in [0.5, 0.6) is 0 Å². The van der Waals surface area contributed by atoms with Crippen molar-refractivity contribution in [2.75, 3.05) is 5.73 Å². The van der Waals surface area contributed by atoms with Gasteiger partial charge in [0, 0.05) is 11.3 Å². The molecule has 0 aliphatic carbocycles. The van der Waals surface area contributed by atoms with Crippen LogP contribution in [-0.2, 0) is 5.67 Å². The number of anilines is 1. The Balaban J connectivity index is 3.61. The lowest BCUT2D eigenvalue weighted by Gasteiger charge is -2.31. The first kappa shape index (κ1) is 14.6. The molecule has 0 aromatic heterocycles. The number of alkyl halides is 7. The van der Waals surface area contributed by atoms with Gasteiger partial charge < -0.3 is 5.73 Å². The number of hydrogen-bond acceptors (Lipinski definition) is 1. The summed E-state index contributed by atoms with van der Waals surface area (Å²) in [5.74, 6) is 0. The van der Waals surface area contributed by atoms with Gasteiger partial charge in [-0.2, -0.15) is 26.3 Å². The van der Waals surface area contributed by atoms with Crippen LogP contribution in [0, 0.1) is 6.92 Å². The van der Waals surface area contributed by atoms with Crippen molar-refractivity contribution in [2.24, 2.45) is 0 Å². The summed E-state index contributed by atoms with van der Waals surface area (Å²) in [5.41, 5.74) is -2.92. The molecule has 1 nitrogen and oxygen atoms in total. The monoisotopic (exact) mass is 275 g/mol. The van der Waals surface area contributed by atoms with Crippen LogP contribution >= 0.6 is 0 Å². The van der Waals surface area contributed by atoms with Crippen molar-refractivity contribution in [3.05, 3.63) is 29.3 Å². The fourth-order valence-electron chi connectivity index (χ4n) is 1.45. The van der Waals surface area contributed by atoms with Crippen LogP contribution in [0.2, 0.25) is 0 Å². The highest BCUT2D eigenvalue weighted by Gasteiger charge is 2.74. The summed E-state index contributed by atoms with van der Waals surface area (Å²) in [6.07, 6.45) is -12.3. The smallest absolute Gasteiger partial charge is 0.398 e. The molecule has 1 rings (SSSR count). The van der Waals surface area contributed by atoms with E-state index < -0.39 is 29.3 Å². The summed E-state index contributed by atoms with van der Waals surface area (Å²) < 4.78 is 88.3. The van der Waals surface area contributed by atoms with E-state index in [1.807, 2.05) is 0 Å². The van der Waals surface area contributed by atoms with E-state index in [0.29, 0.717) is 6.07 Å². The van der Waals surface area contributed by atoms with E-state index in [4.69, 9.17) is 5.73 Å². The highest BCUT2D eigenvalue weighted by atomic mass is 19.4. The van der Waals surface area contributed by atoms with Gasteiger partial charge in [-0.25, -0.2) is 4.39 Å². The molecule has 0 saturated heterocycles. The van der Waals surface area contributed by atoms with Gasteiger partial charge in [-0.05, 0) is 12.5 Å². The minimum atomic E-state index is -6.15. The Morgan fingerprint density at radius 3 is 1.72 bits per heavy atom. The molecule has 8 heteroatoms. The Kier molecular flexibility index (Phi) is 3.27. The summed E-state index contributed by atoms with van der Waals surface area (Å²) in [5, 5.41) is 0. The highest BCUT2D eigenvalue weighted by Crippen LogP contribution is 2.54. The second kappa shape index (κ2) is 4.03. The SMILES string of the molecule is Cc1cccc(C(F)(C(F)(F)F)C(F)(F)F)c1N. The molecule has 2 N–H and O–H groups in total. The van der Waals surface area contributed by atoms with Crippen LogP contribution in [0.25, 0.3) is 0 Å². The van der Waals surface area contributed by atoms with Gasteiger partial charge in [0.1, 0.15) is 0 Å². The number of halogens is 7. The van der Waals surface area contributed by atoms with E-state index in [-0.39, 0.29) is 5.56 Å². The summed E-state index contributed by atoms with van der Waals surface area (Å²) in [6.45, 7) is 1.19. The molecule has 1 aromatic carbocycles. The third-order valence-corrected chi connectivity index (χ3v) is 2.48. The predicted molar refractivity (Wildman–Crippen MR) is 50.5 cm³/mol. The molecule has 0 aliphatic rings. The number of rotatable bonds is 1. The summed E-state index contributed by atoms with van der Waals surface area (Å²) in [6, 6.07) is 2.45. The van der Waals surface area contributed by atoms with Crippen LogP contribution in [0.3, 0.4) is 0 Å². The minimum absolute atomic E-state index is 0.0666. The maximum Gasteiger partial charge on any atom is 0.436 e. The van der Waals surface area contributed by atoms with E-state index in [9.17, 15) is 30.7 Å². The van der Waals surface area contributed by atoms with Crippen molar-refractivity contribution in [2.45, 2.75) is 24.9 Å². The number of hydrogen-bond donors (Lipinski definition) is 1. The zero-order valence-electron chi connectivity index (χ0n) is 8.96. The first-order valence-electron chi connectivity index (χ1n) is 4.61. The number of nitrogen functional groups attached to an aromatic ring is 1. The Morgan fingerprint density at radius 1 is 0.889 bits per heavy atom. The lowest BCUT2D eigenvalue weighted by molar-refractivity contribution is -0.348. The van der Waals surface area contributed by atoms with Crippen molar-refractivity contribution >= 4 is 5.69 Å². The molecule has 0 aliphatic heterocycles. The third-order valence-electron chi connectivity index (χ3n) is 2.48. The molecule has 0 fully saturated rings. The lowest BCUT2D eigenvalue weighted by Crippen LogP contribution is -2.50. The Hall–Kier alpha value is -1.47. The van der Waals surface area contributed by atoms with Crippen LogP contribution in [0.1, 0.15) is 11.1 Å². The standard InChI is InChI=1S/C10H8F7N/c1-5-3-2-4-6(7(5)18)8(11,9(12,13)14)10(15,16)17/h2-4H,18H2,1H3. The maximum atomic E-state index is 13.6. The van der Waals surface area contributed by atoms with Crippen molar-refractivity contribution in [3.63, 3.8) is 0 Å². The Morgan fingerprint density at radius 2 is 1.33 bits per heavy atom. The van der Waals surface area contributed by atoms with Crippen molar-refractivity contribution in [1.29, 1.82) is 0 Å². The normalized spacial score (nSPS) is 13.8. The number of para-hydroxylation sites is 1. The topological polar surface area (TPSA) is 26.0 Å². The van der Waals surface area contributed by atoms with E-state index in [1.165, 1.54) is 13.0 Å². The maximum absolute atomic E-state index is 13.6. The summed E-state index contributed by atoms with van der Waals surface area (Å²) in [4.78, 5) is 0. The first-order valence-corrected chi connectivity index (χ1v) is 4.61. The average Bonchev–Trinajstić information content (AvgIpc) is 2.17. The largest absolute Gasteiger partial charge is 0.436 e.